The molecule has 3 fully saturated rings. The zero-order chi connectivity index (χ0) is 35.6. The molecule has 2 heterocycles. The molecule has 0 aromatic heterocycles. The highest BCUT2D eigenvalue weighted by Gasteiger charge is 2.59. The Morgan fingerprint density at radius 3 is 2.28 bits per heavy atom. The number of carbonyl (C=O) groups excluding carboxylic acids is 4. The first-order valence-electron chi connectivity index (χ1n) is 16.8. The van der Waals surface area contributed by atoms with Crippen molar-refractivity contribution in [1.82, 2.24) is 10.2 Å². The Hall–Kier alpha value is -2.59. The van der Waals surface area contributed by atoms with Crippen LogP contribution in [0.1, 0.15) is 88.0 Å². The van der Waals surface area contributed by atoms with Gasteiger partial charge in [-0.3, -0.25) is 9.59 Å². The molecule has 3 aliphatic rings. The van der Waals surface area contributed by atoms with Crippen molar-refractivity contribution >= 4 is 23.6 Å². The van der Waals surface area contributed by atoms with E-state index in [-0.39, 0.29) is 37.2 Å². The number of ketones is 2. The van der Waals surface area contributed by atoms with Gasteiger partial charge in [0.1, 0.15) is 18.5 Å². The minimum Gasteiger partial charge on any atom is -0.455 e. The third kappa shape index (κ3) is 7.85. The minimum atomic E-state index is -3.12. The van der Waals surface area contributed by atoms with Crippen LogP contribution in [0.15, 0.2) is 0 Å². The van der Waals surface area contributed by atoms with E-state index in [2.05, 4.69) is 17.2 Å². The van der Waals surface area contributed by atoms with Crippen LogP contribution in [-0.4, -0.2) is 108 Å². The fourth-order valence-electron chi connectivity index (χ4n) is 7.88. The van der Waals surface area contributed by atoms with Gasteiger partial charge in [0.05, 0.1) is 30.0 Å². The number of fused-ring (bicyclic) bond motifs is 1. The Balaban J connectivity index is 2.20. The van der Waals surface area contributed by atoms with Crippen LogP contribution < -0.4 is 5.32 Å². The molecule has 11 nitrogen and oxygen atoms in total. The standard InChI is InChI=1S/C35H55FN2O9/c1-12-14-15-44-33(7)18-20(4)26(39)21(5)28-35(9,47-32(43)37-28)25(13-2)46-31(42)34(8,36)29(41)22(6)30(33)45-24-17-19(3)16-23(27(24)40)38(10)11/h19-25,27-28,30,40H,13,15-18H2,1-11H3,(H,37,43)/t19-,20-,21-,22+,23+,24-,25+,27-,28-,30-,33+,34?,35-/m1/s1. The Morgan fingerprint density at radius 1 is 1.06 bits per heavy atom. The number of carbonyl (C=O) groups is 4. The largest absolute Gasteiger partial charge is 0.455 e. The van der Waals surface area contributed by atoms with Crippen molar-refractivity contribution in [3.05, 3.63) is 0 Å². The van der Waals surface area contributed by atoms with Gasteiger partial charge in [-0.1, -0.05) is 40.5 Å². The van der Waals surface area contributed by atoms with Gasteiger partial charge in [0.25, 0.3) is 5.67 Å². The fraction of sp³-hybridized carbons (Fsp3) is 0.829. The highest BCUT2D eigenvalue weighted by Crippen LogP contribution is 2.41. The Kier molecular flexibility index (Phi) is 12.3. The molecule has 2 aliphatic heterocycles. The van der Waals surface area contributed by atoms with Crippen LogP contribution in [0, 0.1) is 35.5 Å². The van der Waals surface area contributed by atoms with E-state index in [1.807, 2.05) is 25.9 Å². The van der Waals surface area contributed by atoms with E-state index in [1.165, 1.54) is 13.8 Å². The number of alkyl carbamates (subject to hydrolysis) is 1. The number of amides is 1. The second-order valence-electron chi connectivity index (χ2n) is 14.7. The molecule has 0 radical (unpaired) electrons. The normalized spacial score (nSPS) is 43.6. The zero-order valence-corrected chi connectivity index (χ0v) is 29.8. The lowest BCUT2D eigenvalue weighted by molar-refractivity contribution is -0.211. The molecule has 0 bridgehead atoms. The monoisotopic (exact) mass is 666 g/mol. The molecule has 2 saturated heterocycles. The first-order chi connectivity index (χ1) is 21.7. The lowest BCUT2D eigenvalue weighted by Gasteiger charge is -2.47. The van der Waals surface area contributed by atoms with E-state index < -0.39 is 82.9 Å². The lowest BCUT2D eigenvalue weighted by atomic mass is 9.73. The van der Waals surface area contributed by atoms with Crippen LogP contribution in [0.4, 0.5) is 9.18 Å². The summed E-state index contributed by atoms with van der Waals surface area (Å²) in [5.41, 5.74) is -6.07. The Morgan fingerprint density at radius 2 is 1.70 bits per heavy atom. The summed E-state index contributed by atoms with van der Waals surface area (Å²) in [6, 6.07) is -1.16. The van der Waals surface area contributed by atoms with Crippen molar-refractivity contribution in [2.45, 2.75) is 141 Å². The molecule has 0 spiro atoms. The molecule has 0 aromatic carbocycles. The molecule has 0 aromatic rings. The van der Waals surface area contributed by atoms with E-state index in [1.54, 1.807) is 34.6 Å². The van der Waals surface area contributed by atoms with Crippen molar-refractivity contribution in [3.8, 4) is 11.8 Å². The molecule has 2 N–H and O–H groups in total. The number of nitrogens with one attached hydrogen (secondary N) is 1. The van der Waals surface area contributed by atoms with E-state index in [4.69, 9.17) is 18.9 Å². The molecular weight excluding hydrogens is 611 g/mol. The SMILES string of the molecule is CC#CCO[C@@]1(C)C[C@@H](C)C(=O)[C@@H](C)[C@H]2NC(=O)O[C@]2(C)[C@H](CC)OC(=O)C(C)(F)C(=O)[C@H](C)[C@H]1O[C@@H]1C[C@H](C)C[C@H](N(C)C)[C@H]1O. The number of Topliss-reactive ketones (excluding diaryl/α,β-unsaturated/α-hetero) is 2. The summed E-state index contributed by atoms with van der Waals surface area (Å²) in [6.45, 7) is 14.2. The maximum absolute atomic E-state index is 16.6. The van der Waals surface area contributed by atoms with Crippen molar-refractivity contribution in [2.75, 3.05) is 20.7 Å². The molecule has 1 unspecified atom stereocenters. The van der Waals surface area contributed by atoms with Crippen LogP contribution in [0.3, 0.4) is 0 Å². The third-order valence-corrected chi connectivity index (χ3v) is 10.6. The number of esters is 1. The van der Waals surface area contributed by atoms with E-state index in [0.29, 0.717) is 6.42 Å². The van der Waals surface area contributed by atoms with Gasteiger partial charge in [-0.05, 0) is 73.4 Å². The average Bonchev–Trinajstić information content (AvgIpc) is 3.31. The van der Waals surface area contributed by atoms with E-state index in [9.17, 15) is 24.3 Å². The molecule has 1 amide bonds. The summed E-state index contributed by atoms with van der Waals surface area (Å²) >= 11 is 0. The summed E-state index contributed by atoms with van der Waals surface area (Å²) in [5, 5.41) is 14.2. The number of likely N-dealkylation sites (N-methyl/N-ethyl adjacent to an activating group) is 1. The number of rotatable bonds is 6. The smallest absolute Gasteiger partial charge is 0.408 e. The molecule has 1 saturated carbocycles. The van der Waals surface area contributed by atoms with Crippen LogP contribution in [0.5, 0.6) is 0 Å². The van der Waals surface area contributed by atoms with Crippen LogP contribution in [-0.2, 0) is 33.3 Å². The minimum absolute atomic E-state index is 0.0300. The topological polar surface area (TPSA) is 141 Å². The van der Waals surface area contributed by atoms with Crippen LogP contribution >= 0.6 is 0 Å². The summed E-state index contributed by atoms with van der Waals surface area (Å²) in [6.07, 6.45) is -3.54. The second kappa shape index (κ2) is 14.9. The molecule has 3 rings (SSSR count). The lowest BCUT2D eigenvalue weighted by Crippen LogP contribution is -2.61. The highest BCUT2D eigenvalue weighted by molar-refractivity contribution is 6.07. The van der Waals surface area contributed by atoms with Gasteiger partial charge < -0.3 is 34.3 Å². The first-order valence-corrected chi connectivity index (χ1v) is 16.8. The Bertz CT molecular complexity index is 1250. The van der Waals surface area contributed by atoms with Gasteiger partial charge in [-0.15, -0.1) is 5.92 Å². The van der Waals surface area contributed by atoms with Gasteiger partial charge in [-0.2, -0.15) is 0 Å². The number of aliphatic hydroxyl groups is 1. The van der Waals surface area contributed by atoms with Gasteiger partial charge in [0.2, 0.25) is 0 Å². The maximum atomic E-state index is 16.6. The summed E-state index contributed by atoms with van der Waals surface area (Å²) in [4.78, 5) is 56.3. The molecule has 13 atom stereocenters. The number of alkyl halides is 1. The predicted octanol–water partition coefficient (Wildman–Crippen LogP) is 3.63. The first kappa shape index (κ1) is 38.9. The van der Waals surface area contributed by atoms with E-state index >= 15 is 4.39 Å². The second-order valence-corrected chi connectivity index (χ2v) is 14.7. The fourth-order valence-corrected chi connectivity index (χ4v) is 7.88. The molecule has 47 heavy (non-hydrogen) atoms. The van der Waals surface area contributed by atoms with Crippen molar-refractivity contribution < 1.29 is 47.6 Å². The van der Waals surface area contributed by atoms with E-state index in [0.717, 1.165) is 13.3 Å². The average molecular weight is 667 g/mol. The highest BCUT2D eigenvalue weighted by atomic mass is 19.1. The summed E-state index contributed by atoms with van der Waals surface area (Å²) < 4.78 is 40.9. The molecule has 1 aliphatic carbocycles. The van der Waals surface area contributed by atoms with Crippen molar-refractivity contribution in [1.29, 1.82) is 0 Å². The number of ether oxygens (including phenoxy) is 4. The molecule has 12 heteroatoms. The maximum Gasteiger partial charge on any atom is 0.408 e. The Labute approximate surface area is 278 Å². The van der Waals surface area contributed by atoms with Gasteiger partial charge in [0.15, 0.2) is 11.4 Å². The zero-order valence-electron chi connectivity index (χ0n) is 29.8. The number of cyclic esters (lactones) is 1. The number of nitrogens with zero attached hydrogens (tertiary/aromatic N) is 1. The van der Waals surface area contributed by atoms with Crippen molar-refractivity contribution in [2.24, 2.45) is 23.7 Å². The quantitative estimate of drug-likeness (QED) is 0.245. The molecular formula is C35H55FN2O9. The molecule has 266 valence electrons. The van der Waals surface area contributed by atoms with Crippen LogP contribution in [0.2, 0.25) is 0 Å². The summed E-state index contributed by atoms with van der Waals surface area (Å²) in [5.74, 6) is 0.211. The number of halogens is 1. The number of aliphatic hydroxyl groups excluding tert-OH is 1. The predicted molar refractivity (Wildman–Crippen MR) is 172 cm³/mol. The number of hydrogen-bond acceptors (Lipinski definition) is 10. The summed E-state index contributed by atoms with van der Waals surface area (Å²) in [7, 11) is 3.74. The van der Waals surface area contributed by atoms with Crippen molar-refractivity contribution in [3.63, 3.8) is 0 Å². The van der Waals surface area contributed by atoms with Crippen LogP contribution in [0.25, 0.3) is 0 Å². The van der Waals surface area contributed by atoms with Gasteiger partial charge in [0, 0.05) is 23.8 Å². The third-order valence-electron chi connectivity index (χ3n) is 10.6. The van der Waals surface area contributed by atoms with Gasteiger partial charge in [-0.25, -0.2) is 14.0 Å². The van der Waals surface area contributed by atoms with Gasteiger partial charge >= 0.3 is 12.1 Å². The number of hydrogen-bond donors (Lipinski definition) is 2.